The molecule has 1 amide bonds. The average molecular weight is 255 g/mol. The molecule has 0 radical (unpaired) electrons. The van der Waals surface area contributed by atoms with E-state index in [1.165, 1.54) is 12.8 Å². The lowest BCUT2D eigenvalue weighted by molar-refractivity contribution is -0.122. The number of rotatable bonds is 6. The molecule has 1 fully saturated rings. The molecule has 0 aromatic carbocycles. The molecule has 0 spiro atoms. The fourth-order valence-corrected chi connectivity index (χ4v) is 1.83. The summed E-state index contributed by atoms with van der Waals surface area (Å²) in [7, 11) is 2.13. The summed E-state index contributed by atoms with van der Waals surface area (Å²) in [6, 6.07) is 1.04. The smallest absolute Gasteiger partial charge is 0.221 e. The van der Waals surface area contributed by atoms with E-state index in [1.54, 1.807) is 0 Å². The van der Waals surface area contributed by atoms with E-state index >= 15 is 0 Å². The third-order valence-electron chi connectivity index (χ3n) is 3.93. The Bertz CT molecular complexity index is 281. The second-order valence-electron chi connectivity index (χ2n) is 6.73. The van der Waals surface area contributed by atoms with Crippen LogP contribution in [0.15, 0.2) is 0 Å². The van der Waals surface area contributed by atoms with Crippen LogP contribution in [-0.2, 0) is 4.79 Å². The van der Waals surface area contributed by atoms with Crippen molar-refractivity contribution < 1.29 is 4.79 Å². The van der Waals surface area contributed by atoms with Gasteiger partial charge in [0, 0.05) is 31.1 Å². The quantitative estimate of drug-likeness (QED) is 0.753. The minimum atomic E-state index is -0.0889. The minimum absolute atomic E-state index is 0.0201. The van der Waals surface area contributed by atoms with E-state index < -0.39 is 0 Å². The lowest BCUT2D eigenvalue weighted by atomic mass is 9.85. The SMILES string of the molecule is CC(CNC(=O)CC(N)C(C)(C)C)N(C)C1CC1. The third kappa shape index (κ3) is 4.94. The topological polar surface area (TPSA) is 58.4 Å². The number of hydrogen-bond donors (Lipinski definition) is 2. The van der Waals surface area contributed by atoms with Crippen LogP contribution < -0.4 is 11.1 Å². The minimum Gasteiger partial charge on any atom is -0.354 e. The predicted molar refractivity (Wildman–Crippen MR) is 75.3 cm³/mol. The summed E-state index contributed by atoms with van der Waals surface area (Å²) in [4.78, 5) is 14.2. The zero-order valence-electron chi connectivity index (χ0n) is 12.5. The molecule has 0 aromatic heterocycles. The summed E-state index contributed by atoms with van der Waals surface area (Å²) in [5, 5.41) is 2.99. The first kappa shape index (κ1) is 15.4. The molecule has 1 aliphatic rings. The normalized spacial score (nSPS) is 19.7. The maximum absolute atomic E-state index is 11.8. The Balaban J connectivity index is 2.24. The number of nitrogens with zero attached hydrogens (tertiary/aromatic N) is 1. The van der Waals surface area contributed by atoms with Crippen LogP contribution in [-0.4, -0.2) is 42.5 Å². The fourth-order valence-electron chi connectivity index (χ4n) is 1.83. The summed E-state index contributed by atoms with van der Waals surface area (Å²) < 4.78 is 0. The second-order valence-corrected chi connectivity index (χ2v) is 6.73. The molecule has 2 unspecified atom stereocenters. The van der Waals surface area contributed by atoms with Crippen molar-refractivity contribution in [3.63, 3.8) is 0 Å². The first-order valence-electron chi connectivity index (χ1n) is 6.96. The molecule has 106 valence electrons. The Labute approximate surface area is 111 Å². The van der Waals surface area contributed by atoms with E-state index in [1.807, 2.05) is 0 Å². The molecule has 0 aliphatic heterocycles. The molecule has 4 heteroatoms. The van der Waals surface area contributed by atoms with Gasteiger partial charge in [0.05, 0.1) is 0 Å². The molecular weight excluding hydrogens is 226 g/mol. The van der Waals surface area contributed by atoms with E-state index in [-0.39, 0.29) is 17.4 Å². The molecule has 1 saturated carbocycles. The summed E-state index contributed by atoms with van der Waals surface area (Å²) in [5.74, 6) is 0.0634. The van der Waals surface area contributed by atoms with Crippen LogP contribution in [0.2, 0.25) is 0 Å². The molecule has 2 atom stereocenters. The van der Waals surface area contributed by atoms with Gasteiger partial charge in [-0.1, -0.05) is 20.8 Å². The van der Waals surface area contributed by atoms with Gasteiger partial charge in [0.15, 0.2) is 0 Å². The van der Waals surface area contributed by atoms with Gasteiger partial charge in [-0.3, -0.25) is 9.69 Å². The number of carbonyl (C=O) groups is 1. The first-order chi connectivity index (χ1) is 8.21. The largest absolute Gasteiger partial charge is 0.354 e. The predicted octanol–water partition coefficient (Wildman–Crippen LogP) is 1.35. The van der Waals surface area contributed by atoms with Crippen LogP contribution in [0.4, 0.5) is 0 Å². The third-order valence-corrected chi connectivity index (χ3v) is 3.93. The van der Waals surface area contributed by atoms with E-state index in [0.29, 0.717) is 19.0 Å². The first-order valence-corrected chi connectivity index (χ1v) is 6.96. The van der Waals surface area contributed by atoms with Gasteiger partial charge in [-0.2, -0.15) is 0 Å². The van der Waals surface area contributed by atoms with Gasteiger partial charge in [0.1, 0.15) is 0 Å². The van der Waals surface area contributed by atoms with Crippen molar-refractivity contribution >= 4 is 5.91 Å². The lowest BCUT2D eigenvalue weighted by Crippen LogP contribution is -2.44. The Hall–Kier alpha value is -0.610. The Morgan fingerprint density at radius 3 is 2.44 bits per heavy atom. The molecule has 4 nitrogen and oxygen atoms in total. The van der Waals surface area contributed by atoms with Crippen LogP contribution in [0.3, 0.4) is 0 Å². The molecule has 0 heterocycles. The summed E-state index contributed by atoms with van der Waals surface area (Å²) in [6.45, 7) is 9.06. The fraction of sp³-hybridized carbons (Fsp3) is 0.929. The second kappa shape index (κ2) is 6.02. The van der Waals surface area contributed by atoms with Gasteiger partial charge < -0.3 is 11.1 Å². The maximum Gasteiger partial charge on any atom is 0.221 e. The Morgan fingerprint density at radius 2 is 2.00 bits per heavy atom. The van der Waals surface area contributed by atoms with Crippen LogP contribution in [0.5, 0.6) is 0 Å². The monoisotopic (exact) mass is 255 g/mol. The summed E-state index contributed by atoms with van der Waals surface area (Å²) in [6.07, 6.45) is 3.00. The van der Waals surface area contributed by atoms with Crippen LogP contribution in [0.1, 0.15) is 47.0 Å². The van der Waals surface area contributed by atoms with Crippen LogP contribution >= 0.6 is 0 Å². The number of likely N-dealkylation sites (N-methyl/N-ethyl adjacent to an activating group) is 1. The van der Waals surface area contributed by atoms with Crippen molar-refractivity contribution in [1.82, 2.24) is 10.2 Å². The van der Waals surface area contributed by atoms with Crippen molar-refractivity contribution in [2.24, 2.45) is 11.1 Å². The maximum atomic E-state index is 11.8. The van der Waals surface area contributed by atoms with Crippen molar-refractivity contribution in [1.29, 1.82) is 0 Å². The van der Waals surface area contributed by atoms with Gasteiger partial charge in [0.25, 0.3) is 0 Å². The van der Waals surface area contributed by atoms with E-state index in [0.717, 1.165) is 6.04 Å². The Morgan fingerprint density at radius 1 is 1.44 bits per heavy atom. The van der Waals surface area contributed by atoms with Gasteiger partial charge in [-0.05, 0) is 32.2 Å². The highest BCUT2D eigenvalue weighted by Crippen LogP contribution is 2.26. The van der Waals surface area contributed by atoms with Crippen LogP contribution in [0.25, 0.3) is 0 Å². The zero-order chi connectivity index (χ0) is 13.9. The summed E-state index contributed by atoms with van der Waals surface area (Å²) >= 11 is 0. The summed E-state index contributed by atoms with van der Waals surface area (Å²) in [5.41, 5.74) is 5.98. The van der Waals surface area contributed by atoms with Gasteiger partial charge >= 0.3 is 0 Å². The average Bonchev–Trinajstić information content (AvgIpc) is 3.07. The highest BCUT2D eigenvalue weighted by molar-refractivity contribution is 5.76. The molecule has 3 N–H and O–H groups in total. The van der Waals surface area contributed by atoms with E-state index in [4.69, 9.17) is 5.73 Å². The molecule has 1 aliphatic carbocycles. The highest BCUT2D eigenvalue weighted by Gasteiger charge is 2.29. The molecule has 0 saturated heterocycles. The molecule has 18 heavy (non-hydrogen) atoms. The number of nitrogens with two attached hydrogens (primary N) is 1. The molecule has 0 bridgehead atoms. The van der Waals surface area contributed by atoms with E-state index in [9.17, 15) is 4.79 Å². The number of amides is 1. The molecule has 0 aromatic rings. The van der Waals surface area contributed by atoms with Crippen molar-refractivity contribution in [3.05, 3.63) is 0 Å². The van der Waals surface area contributed by atoms with Gasteiger partial charge in [-0.25, -0.2) is 0 Å². The van der Waals surface area contributed by atoms with Crippen molar-refractivity contribution in [3.8, 4) is 0 Å². The standard InChI is InChI=1S/C14H29N3O/c1-10(17(5)11-6-7-11)9-16-13(18)8-12(15)14(2,3)4/h10-12H,6-9,15H2,1-5H3,(H,16,18). The highest BCUT2D eigenvalue weighted by atomic mass is 16.1. The molecular formula is C14H29N3O. The van der Waals surface area contributed by atoms with Crippen molar-refractivity contribution in [2.75, 3.05) is 13.6 Å². The van der Waals surface area contributed by atoms with Crippen molar-refractivity contribution in [2.45, 2.75) is 65.1 Å². The molecule has 1 rings (SSSR count). The van der Waals surface area contributed by atoms with Gasteiger partial charge in [0.2, 0.25) is 5.91 Å². The van der Waals surface area contributed by atoms with E-state index in [2.05, 4.69) is 45.0 Å². The number of nitrogens with one attached hydrogen (secondary N) is 1. The Kier molecular flexibility index (Phi) is 5.17. The number of hydrogen-bond acceptors (Lipinski definition) is 3. The van der Waals surface area contributed by atoms with Gasteiger partial charge in [-0.15, -0.1) is 0 Å². The van der Waals surface area contributed by atoms with Crippen LogP contribution in [0, 0.1) is 5.41 Å². The number of carbonyl (C=O) groups excluding carboxylic acids is 1. The zero-order valence-corrected chi connectivity index (χ0v) is 12.5. The lowest BCUT2D eigenvalue weighted by Gasteiger charge is -2.28.